The Morgan fingerprint density at radius 1 is 1.11 bits per heavy atom. The molecule has 2 fully saturated rings. The standard InChI is InChI=1S/C25H36N8O4/c1-4-36-23-16-27-21(15-28-23)30-24(34)32(3)19-6-5-11-33(17-19)22-14-18(7-10-26-22)29-25(35)37-20-8-12-31(2)13-9-20/h7,10,14-16,19-20H,4-6,8-9,11-13,17H2,1-3H3,(H,26,29,35)(H,27,30,34)/t19-/m1/s1. The number of ether oxygens (including phenoxy) is 2. The molecule has 2 aromatic heterocycles. The summed E-state index contributed by atoms with van der Waals surface area (Å²) in [5, 5.41) is 5.62. The second-order valence-corrected chi connectivity index (χ2v) is 9.39. The predicted molar refractivity (Wildman–Crippen MR) is 140 cm³/mol. The minimum atomic E-state index is -0.447. The fourth-order valence-electron chi connectivity index (χ4n) is 4.52. The second kappa shape index (κ2) is 12.5. The van der Waals surface area contributed by atoms with Gasteiger partial charge in [-0.05, 0) is 45.7 Å². The zero-order valence-electron chi connectivity index (χ0n) is 21.7. The zero-order chi connectivity index (χ0) is 26.2. The highest BCUT2D eigenvalue weighted by Gasteiger charge is 2.27. The molecule has 0 unspecified atom stereocenters. The molecule has 2 aliphatic heterocycles. The molecule has 2 saturated heterocycles. The molecule has 12 heteroatoms. The number of pyridine rings is 1. The molecular weight excluding hydrogens is 476 g/mol. The molecule has 4 rings (SSSR count). The molecule has 12 nitrogen and oxygen atoms in total. The second-order valence-electron chi connectivity index (χ2n) is 9.39. The average Bonchev–Trinajstić information content (AvgIpc) is 2.91. The van der Waals surface area contributed by atoms with E-state index in [9.17, 15) is 9.59 Å². The number of nitrogens with one attached hydrogen (secondary N) is 2. The summed E-state index contributed by atoms with van der Waals surface area (Å²) in [5.41, 5.74) is 0.630. The third kappa shape index (κ3) is 7.42. The van der Waals surface area contributed by atoms with Crippen LogP contribution in [0.15, 0.2) is 30.7 Å². The highest BCUT2D eigenvalue weighted by molar-refractivity contribution is 5.88. The summed E-state index contributed by atoms with van der Waals surface area (Å²) >= 11 is 0. The van der Waals surface area contributed by atoms with E-state index in [0.717, 1.165) is 51.1 Å². The van der Waals surface area contributed by atoms with Crippen molar-refractivity contribution in [3.8, 4) is 5.88 Å². The van der Waals surface area contributed by atoms with Crippen molar-refractivity contribution in [1.29, 1.82) is 0 Å². The Morgan fingerprint density at radius 3 is 2.65 bits per heavy atom. The first-order chi connectivity index (χ1) is 17.9. The van der Waals surface area contributed by atoms with Crippen LogP contribution >= 0.6 is 0 Å². The van der Waals surface area contributed by atoms with Gasteiger partial charge in [0.25, 0.3) is 0 Å². The summed E-state index contributed by atoms with van der Waals surface area (Å²) in [5.74, 6) is 1.52. The number of hydrogen-bond donors (Lipinski definition) is 2. The maximum atomic E-state index is 12.8. The van der Waals surface area contributed by atoms with Crippen molar-refractivity contribution in [1.82, 2.24) is 24.8 Å². The number of anilines is 3. The summed E-state index contributed by atoms with van der Waals surface area (Å²) in [4.78, 5) is 44.1. The molecule has 0 bridgehead atoms. The van der Waals surface area contributed by atoms with Crippen molar-refractivity contribution in [2.75, 3.05) is 62.4 Å². The third-order valence-corrected chi connectivity index (χ3v) is 6.68. The SMILES string of the molecule is CCOc1cnc(NC(=O)N(C)[C@@H]2CCCN(c3cc(NC(=O)OC4CCN(C)CC4)ccn3)C2)cn1. The molecular formula is C25H36N8O4. The van der Waals surface area contributed by atoms with E-state index in [2.05, 4.69) is 42.4 Å². The van der Waals surface area contributed by atoms with Crippen molar-refractivity contribution in [3.63, 3.8) is 0 Å². The van der Waals surface area contributed by atoms with E-state index < -0.39 is 6.09 Å². The number of hydrogen-bond acceptors (Lipinski definition) is 9. The molecule has 0 aliphatic carbocycles. The van der Waals surface area contributed by atoms with Gasteiger partial charge in [-0.25, -0.2) is 24.5 Å². The van der Waals surface area contributed by atoms with Gasteiger partial charge in [-0.3, -0.25) is 10.6 Å². The number of urea groups is 1. The maximum Gasteiger partial charge on any atom is 0.411 e. The monoisotopic (exact) mass is 512 g/mol. The van der Waals surface area contributed by atoms with Crippen molar-refractivity contribution in [2.45, 2.75) is 44.8 Å². The Bertz CT molecular complexity index is 1050. The number of likely N-dealkylation sites (tertiary alicyclic amines) is 1. The van der Waals surface area contributed by atoms with Crippen LogP contribution in [0.2, 0.25) is 0 Å². The Labute approximate surface area is 217 Å². The lowest BCUT2D eigenvalue weighted by molar-refractivity contribution is 0.0662. The van der Waals surface area contributed by atoms with Crippen molar-refractivity contribution >= 4 is 29.4 Å². The lowest BCUT2D eigenvalue weighted by atomic mass is 10.0. The van der Waals surface area contributed by atoms with Gasteiger partial charge in [0.1, 0.15) is 11.9 Å². The van der Waals surface area contributed by atoms with E-state index >= 15 is 0 Å². The number of carbonyl (C=O) groups excluding carboxylic acids is 2. The fourth-order valence-corrected chi connectivity index (χ4v) is 4.52. The van der Waals surface area contributed by atoms with Gasteiger partial charge in [-0.2, -0.15) is 0 Å². The van der Waals surface area contributed by atoms with E-state index in [-0.39, 0.29) is 18.2 Å². The van der Waals surface area contributed by atoms with Crippen LogP contribution in [0, 0.1) is 0 Å². The Kier molecular flexibility index (Phi) is 8.94. The van der Waals surface area contributed by atoms with Crippen LogP contribution in [0.3, 0.4) is 0 Å². The van der Waals surface area contributed by atoms with Gasteiger partial charge in [0.2, 0.25) is 5.88 Å². The van der Waals surface area contributed by atoms with Crippen molar-refractivity contribution < 1.29 is 19.1 Å². The smallest absolute Gasteiger partial charge is 0.411 e. The van der Waals surface area contributed by atoms with E-state index in [1.54, 1.807) is 24.2 Å². The quantitative estimate of drug-likeness (QED) is 0.576. The van der Waals surface area contributed by atoms with Crippen LogP contribution in [-0.4, -0.2) is 95.9 Å². The number of likely N-dealkylation sites (N-methyl/N-ethyl adjacent to an activating group) is 1. The molecule has 2 N–H and O–H groups in total. The third-order valence-electron chi connectivity index (χ3n) is 6.68. The molecule has 2 aromatic rings. The first kappa shape index (κ1) is 26.4. The van der Waals surface area contributed by atoms with Crippen LogP contribution in [-0.2, 0) is 4.74 Å². The molecule has 37 heavy (non-hydrogen) atoms. The summed E-state index contributed by atoms with van der Waals surface area (Å²) < 4.78 is 10.9. The molecule has 0 spiro atoms. The fraction of sp³-hybridized carbons (Fsp3) is 0.560. The van der Waals surface area contributed by atoms with E-state index in [1.807, 2.05) is 13.0 Å². The molecule has 0 saturated carbocycles. The summed E-state index contributed by atoms with van der Waals surface area (Å²) in [6, 6.07) is 3.31. The number of nitrogens with zero attached hydrogens (tertiary/aromatic N) is 6. The Hall–Kier alpha value is -3.67. The van der Waals surface area contributed by atoms with Crippen LogP contribution in [0.1, 0.15) is 32.6 Å². The summed E-state index contributed by atoms with van der Waals surface area (Å²) in [7, 11) is 3.84. The highest BCUT2D eigenvalue weighted by atomic mass is 16.6. The van der Waals surface area contributed by atoms with Crippen molar-refractivity contribution in [3.05, 3.63) is 30.7 Å². The molecule has 3 amide bonds. The first-order valence-corrected chi connectivity index (χ1v) is 12.8. The van der Waals surface area contributed by atoms with Gasteiger partial charge in [-0.15, -0.1) is 0 Å². The van der Waals surface area contributed by atoms with Crippen LogP contribution in [0.4, 0.5) is 26.9 Å². The summed E-state index contributed by atoms with van der Waals surface area (Å²) in [6.45, 7) is 5.65. The molecule has 0 aromatic carbocycles. The predicted octanol–water partition coefficient (Wildman–Crippen LogP) is 3.05. The first-order valence-electron chi connectivity index (χ1n) is 12.8. The van der Waals surface area contributed by atoms with E-state index in [4.69, 9.17) is 9.47 Å². The molecule has 2 aliphatic rings. The normalized spacial score (nSPS) is 18.7. The molecule has 1 atom stereocenters. The van der Waals surface area contributed by atoms with Crippen LogP contribution in [0.25, 0.3) is 0 Å². The van der Waals surface area contributed by atoms with Gasteiger partial charge in [0.05, 0.1) is 25.0 Å². The number of aromatic nitrogens is 3. The minimum absolute atomic E-state index is 0.0165. The zero-order valence-corrected chi connectivity index (χ0v) is 21.7. The van der Waals surface area contributed by atoms with Gasteiger partial charge in [0.15, 0.2) is 5.82 Å². The van der Waals surface area contributed by atoms with Gasteiger partial charge < -0.3 is 24.2 Å². The maximum absolute atomic E-state index is 12.8. The molecule has 200 valence electrons. The van der Waals surface area contributed by atoms with Crippen LogP contribution < -0.4 is 20.3 Å². The lowest BCUT2D eigenvalue weighted by Gasteiger charge is -2.38. The largest absolute Gasteiger partial charge is 0.477 e. The molecule has 0 radical (unpaired) electrons. The lowest BCUT2D eigenvalue weighted by Crippen LogP contribution is -2.50. The number of amides is 3. The topological polar surface area (TPSA) is 125 Å². The Balaban J connectivity index is 1.31. The van der Waals surface area contributed by atoms with Gasteiger partial charge in [0, 0.05) is 51.2 Å². The van der Waals surface area contributed by atoms with Gasteiger partial charge >= 0.3 is 12.1 Å². The minimum Gasteiger partial charge on any atom is -0.477 e. The summed E-state index contributed by atoms with van der Waals surface area (Å²) in [6.07, 6.45) is 7.58. The van der Waals surface area contributed by atoms with Crippen LogP contribution in [0.5, 0.6) is 5.88 Å². The highest BCUT2D eigenvalue weighted by Crippen LogP contribution is 2.23. The van der Waals surface area contributed by atoms with E-state index in [1.165, 1.54) is 12.4 Å². The van der Waals surface area contributed by atoms with E-state index in [0.29, 0.717) is 30.5 Å². The Morgan fingerprint density at radius 2 is 1.92 bits per heavy atom. The number of rotatable bonds is 7. The van der Waals surface area contributed by atoms with Gasteiger partial charge in [-0.1, -0.05) is 0 Å². The number of carbonyl (C=O) groups is 2. The van der Waals surface area contributed by atoms with Crippen molar-refractivity contribution in [2.24, 2.45) is 0 Å². The number of piperidine rings is 2. The average molecular weight is 513 g/mol. The molecule has 4 heterocycles.